The molecule has 1 aliphatic rings. The molecule has 1 fully saturated rings. The largest absolute Gasteiger partial charge is 0.339 e. The lowest BCUT2D eigenvalue weighted by Crippen LogP contribution is -2.52. The number of amides is 1. The van der Waals surface area contributed by atoms with Gasteiger partial charge in [-0.1, -0.05) is 0 Å². The smallest absolute Gasteiger partial charge is 0.242 e. The standard InChI is InChI=1S/C7H14FN3O/c8-5-6(9)7(12)11-3-1-10-2-4-11/h6,10H,1-5,9H2/t6-/m0/s1. The van der Waals surface area contributed by atoms with Gasteiger partial charge in [0, 0.05) is 26.2 Å². The van der Waals surface area contributed by atoms with Crippen LogP contribution in [0.15, 0.2) is 0 Å². The molecule has 0 aromatic carbocycles. The van der Waals surface area contributed by atoms with E-state index in [2.05, 4.69) is 5.32 Å². The first-order valence-electron chi connectivity index (χ1n) is 4.06. The number of halogens is 1. The minimum Gasteiger partial charge on any atom is -0.339 e. The van der Waals surface area contributed by atoms with Crippen molar-refractivity contribution < 1.29 is 9.18 Å². The number of piperazine rings is 1. The van der Waals surface area contributed by atoms with E-state index < -0.39 is 12.7 Å². The number of hydrogen-bond donors (Lipinski definition) is 2. The van der Waals surface area contributed by atoms with Crippen molar-refractivity contribution in [2.75, 3.05) is 32.9 Å². The van der Waals surface area contributed by atoms with Gasteiger partial charge in [-0.05, 0) is 0 Å². The number of nitrogens with one attached hydrogen (secondary N) is 1. The molecule has 0 radical (unpaired) electrons. The summed E-state index contributed by atoms with van der Waals surface area (Å²) >= 11 is 0. The second-order valence-electron chi connectivity index (χ2n) is 2.84. The van der Waals surface area contributed by atoms with E-state index in [1.165, 1.54) is 0 Å². The number of nitrogens with zero attached hydrogens (tertiary/aromatic N) is 1. The van der Waals surface area contributed by atoms with E-state index in [1.807, 2.05) is 0 Å². The Morgan fingerprint density at radius 2 is 2.17 bits per heavy atom. The van der Waals surface area contributed by atoms with Gasteiger partial charge in [0.2, 0.25) is 5.91 Å². The number of rotatable bonds is 2. The van der Waals surface area contributed by atoms with Gasteiger partial charge in [-0.25, -0.2) is 4.39 Å². The Morgan fingerprint density at radius 3 is 2.67 bits per heavy atom. The maximum Gasteiger partial charge on any atom is 0.242 e. The molecule has 70 valence electrons. The van der Waals surface area contributed by atoms with Gasteiger partial charge in [-0.2, -0.15) is 0 Å². The molecule has 0 spiro atoms. The SMILES string of the molecule is N[C@@H](CF)C(=O)N1CCNCC1. The molecule has 1 amide bonds. The first kappa shape index (κ1) is 9.41. The van der Waals surface area contributed by atoms with Crippen LogP contribution in [0.2, 0.25) is 0 Å². The minimum atomic E-state index is -0.969. The lowest BCUT2D eigenvalue weighted by atomic mass is 10.2. The Bertz CT molecular complexity index is 159. The van der Waals surface area contributed by atoms with Crippen LogP contribution in [0.5, 0.6) is 0 Å². The third-order valence-electron chi connectivity index (χ3n) is 1.91. The Hall–Kier alpha value is -0.680. The van der Waals surface area contributed by atoms with Crippen LogP contribution in [-0.2, 0) is 4.79 Å². The van der Waals surface area contributed by atoms with Crippen molar-refractivity contribution in [3.63, 3.8) is 0 Å². The van der Waals surface area contributed by atoms with Gasteiger partial charge in [0.15, 0.2) is 0 Å². The summed E-state index contributed by atoms with van der Waals surface area (Å²) in [5, 5.41) is 3.10. The van der Waals surface area contributed by atoms with Crippen LogP contribution < -0.4 is 11.1 Å². The first-order valence-corrected chi connectivity index (χ1v) is 4.06. The Labute approximate surface area is 70.9 Å². The van der Waals surface area contributed by atoms with Crippen LogP contribution in [0, 0.1) is 0 Å². The average molecular weight is 175 g/mol. The molecule has 0 unspecified atom stereocenters. The van der Waals surface area contributed by atoms with E-state index in [0.29, 0.717) is 13.1 Å². The van der Waals surface area contributed by atoms with Crippen molar-refractivity contribution in [1.29, 1.82) is 0 Å². The zero-order chi connectivity index (χ0) is 8.97. The van der Waals surface area contributed by atoms with Crippen LogP contribution in [-0.4, -0.2) is 49.7 Å². The highest BCUT2D eigenvalue weighted by Gasteiger charge is 2.21. The molecule has 1 rings (SSSR count). The summed E-state index contributed by atoms with van der Waals surface area (Å²) in [6, 6.07) is -0.969. The molecular weight excluding hydrogens is 161 g/mol. The molecule has 1 heterocycles. The summed E-state index contributed by atoms with van der Waals surface area (Å²) < 4.78 is 12.0. The molecule has 0 aromatic heterocycles. The molecule has 0 saturated carbocycles. The third-order valence-corrected chi connectivity index (χ3v) is 1.91. The predicted octanol–water partition coefficient (Wildman–Crippen LogP) is -1.28. The summed E-state index contributed by atoms with van der Waals surface area (Å²) in [7, 11) is 0. The van der Waals surface area contributed by atoms with E-state index in [0.717, 1.165) is 13.1 Å². The van der Waals surface area contributed by atoms with Crippen molar-refractivity contribution in [2.24, 2.45) is 5.73 Å². The summed E-state index contributed by atoms with van der Waals surface area (Å²) in [5.74, 6) is -0.279. The number of hydrogen-bond acceptors (Lipinski definition) is 3. The van der Waals surface area contributed by atoms with Crippen molar-refractivity contribution in [3.8, 4) is 0 Å². The lowest BCUT2D eigenvalue weighted by molar-refractivity contribution is -0.133. The fourth-order valence-corrected chi connectivity index (χ4v) is 1.19. The Morgan fingerprint density at radius 1 is 1.58 bits per heavy atom. The number of alkyl halides is 1. The van der Waals surface area contributed by atoms with Crippen LogP contribution in [0.3, 0.4) is 0 Å². The van der Waals surface area contributed by atoms with Crippen molar-refractivity contribution in [2.45, 2.75) is 6.04 Å². The topological polar surface area (TPSA) is 58.4 Å². The lowest BCUT2D eigenvalue weighted by Gasteiger charge is -2.28. The molecule has 12 heavy (non-hydrogen) atoms. The maximum absolute atomic E-state index is 12.0. The summed E-state index contributed by atoms with van der Waals surface area (Å²) in [6.07, 6.45) is 0. The molecule has 5 heteroatoms. The van der Waals surface area contributed by atoms with E-state index in [-0.39, 0.29) is 5.91 Å². The highest BCUT2D eigenvalue weighted by atomic mass is 19.1. The molecule has 1 aliphatic heterocycles. The van der Waals surface area contributed by atoms with Crippen LogP contribution in [0.25, 0.3) is 0 Å². The molecule has 0 aromatic rings. The molecule has 4 nitrogen and oxygen atoms in total. The normalized spacial score (nSPS) is 20.7. The van der Waals surface area contributed by atoms with Crippen molar-refractivity contribution in [3.05, 3.63) is 0 Å². The quantitative estimate of drug-likeness (QED) is 0.549. The second-order valence-corrected chi connectivity index (χ2v) is 2.84. The maximum atomic E-state index is 12.0. The van der Waals surface area contributed by atoms with E-state index in [9.17, 15) is 9.18 Å². The van der Waals surface area contributed by atoms with Gasteiger partial charge in [0.05, 0.1) is 0 Å². The van der Waals surface area contributed by atoms with E-state index in [1.54, 1.807) is 4.90 Å². The number of carbonyl (C=O) groups excluding carboxylic acids is 1. The summed E-state index contributed by atoms with van der Waals surface area (Å²) in [5.41, 5.74) is 5.26. The monoisotopic (exact) mass is 175 g/mol. The number of carbonyl (C=O) groups is 1. The van der Waals surface area contributed by atoms with Gasteiger partial charge in [-0.15, -0.1) is 0 Å². The fraction of sp³-hybridized carbons (Fsp3) is 0.857. The average Bonchev–Trinajstić information content (AvgIpc) is 2.17. The van der Waals surface area contributed by atoms with E-state index >= 15 is 0 Å². The third kappa shape index (κ3) is 2.15. The number of nitrogens with two attached hydrogens (primary N) is 1. The van der Waals surface area contributed by atoms with Crippen LogP contribution in [0.4, 0.5) is 4.39 Å². The summed E-state index contributed by atoms with van der Waals surface area (Å²) in [4.78, 5) is 12.9. The Balaban J connectivity index is 2.39. The molecule has 3 N–H and O–H groups in total. The zero-order valence-electron chi connectivity index (χ0n) is 6.92. The van der Waals surface area contributed by atoms with Gasteiger partial charge in [0.1, 0.15) is 12.7 Å². The van der Waals surface area contributed by atoms with Gasteiger partial charge < -0.3 is 16.0 Å². The minimum absolute atomic E-state index is 0.279. The van der Waals surface area contributed by atoms with Crippen LogP contribution >= 0.6 is 0 Å². The first-order chi connectivity index (χ1) is 5.75. The fourth-order valence-electron chi connectivity index (χ4n) is 1.19. The highest BCUT2D eigenvalue weighted by molar-refractivity contribution is 5.81. The van der Waals surface area contributed by atoms with Crippen molar-refractivity contribution in [1.82, 2.24) is 10.2 Å². The van der Waals surface area contributed by atoms with Gasteiger partial charge in [0.25, 0.3) is 0 Å². The van der Waals surface area contributed by atoms with Gasteiger partial charge in [-0.3, -0.25) is 4.79 Å². The van der Waals surface area contributed by atoms with Crippen LogP contribution in [0.1, 0.15) is 0 Å². The van der Waals surface area contributed by atoms with Crippen molar-refractivity contribution >= 4 is 5.91 Å². The van der Waals surface area contributed by atoms with E-state index in [4.69, 9.17) is 5.73 Å². The summed E-state index contributed by atoms with van der Waals surface area (Å²) in [6.45, 7) is 2.03. The Kier molecular flexibility index (Phi) is 3.43. The predicted molar refractivity (Wildman–Crippen MR) is 43.4 cm³/mol. The highest BCUT2D eigenvalue weighted by Crippen LogP contribution is 1.96. The zero-order valence-corrected chi connectivity index (χ0v) is 6.92. The molecule has 0 aliphatic carbocycles. The molecule has 1 saturated heterocycles. The molecular formula is C7H14FN3O. The van der Waals surface area contributed by atoms with Gasteiger partial charge >= 0.3 is 0 Å². The molecule has 1 atom stereocenters. The molecule has 0 bridgehead atoms. The second kappa shape index (κ2) is 4.37.